The van der Waals surface area contributed by atoms with Gasteiger partial charge in [-0.3, -0.25) is 0 Å². The van der Waals surface area contributed by atoms with Crippen LogP contribution in [0.1, 0.15) is 96.8 Å². The minimum atomic E-state index is -1.91. The van der Waals surface area contributed by atoms with Crippen molar-refractivity contribution in [2.24, 2.45) is 0 Å². The molecule has 0 bridgehead atoms. The van der Waals surface area contributed by atoms with E-state index < -0.39 is 18.2 Å². The van der Waals surface area contributed by atoms with Crippen LogP contribution in [0.25, 0.3) is 0 Å². The number of aliphatic hydroxyl groups is 1. The van der Waals surface area contributed by atoms with Crippen LogP contribution in [-0.2, 0) is 9.53 Å². The largest absolute Gasteiger partial charge is 0.467 e. The number of aliphatic hydroxyl groups excluding tert-OH is 1. The molecule has 0 heterocycles. The van der Waals surface area contributed by atoms with E-state index >= 15 is 0 Å². The second-order valence-electron chi connectivity index (χ2n) is 6.52. The van der Waals surface area contributed by atoms with Crippen LogP contribution < -0.4 is 0 Å². The molecule has 0 saturated heterocycles. The summed E-state index contributed by atoms with van der Waals surface area (Å²) in [6, 6.07) is 0. The first-order valence-electron chi connectivity index (χ1n) is 9.53. The Bertz CT molecular complexity index is 271. The van der Waals surface area contributed by atoms with Gasteiger partial charge in [0.05, 0.1) is 13.2 Å². The number of carbonyl (C=O) groups is 1. The van der Waals surface area contributed by atoms with Crippen molar-refractivity contribution < 1.29 is 19.0 Å². The third-order valence-corrected chi connectivity index (χ3v) is 4.37. The standard InChI is InChI=1S/C19H37FO3/c1-3-4-5-6-7-8-9-10-11-12-13-14-15-16-17(21)18(20)19(22)23-2/h17-18,21H,3-16H2,1-2H3/t17-,18+/m0/s1. The van der Waals surface area contributed by atoms with Gasteiger partial charge in [-0.25, -0.2) is 9.18 Å². The lowest BCUT2D eigenvalue weighted by atomic mass is 10.0. The molecule has 4 heteroatoms. The van der Waals surface area contributed by atoms with E-state index in [1.165, 1.54) is 64.2 Å². The van der Waals surface area contributed by atoms with Crippen molar-refractivity contribution in [3.8, 4) is 0 Å². The van der Waals surface area contributed by atoms with Gasteiger partial charge in [0.15, 0.2) is 0 Å². The smallest absolute Gasteiger partial charge is 0.343 e. The average Bonchev–Trinajstić information content (AvgIpc) is 2.57. The first-order valence-corrected chi connectivity index (χ1v) is 9.53. The van der Waals surface area contributed by atoms with Gasteiger partial charge in [0.1, 0.15) is 0 Å². The summed E-state index contributed by atoms with van der Waals surface area (Å²) in [6.07, 6.45) is 13.4. The summed E-state index contributed by atoms with van der Waals surface area (Å²) in [4.78, 5) is 10.9. The Morgan fingerprint density at radius 3 is 1.65 bits per heavy atom. The van der Waals surface area contributed by atoms with Crippen molar-refractivity contribution >= 4 is 5.97 Å². The van der Waals surface area contributed by atoms with Gasteiger partial charge in [0.25, 0.3) is 0 Å². The molecule has 0 aromatic heterocycles. The Morgan fingerprint density at radius 1 is 0.870 bits per heavy atom. The van der Waals surface area contributed by atoms with E-state index in [-0.39, 0.29) is 0 Å². The molecule has 0 aliphatic heterocycles. The Balaban J connectivity index is 3.26. The van der Waals surface area contributed by atoms with Gasteiger partial charge in [-0.1, -0.05) is 90.4 Å². The van der Waals surface area contributed by atoms with Crippen LogP contribution in [0.4, 0.5) is 4.39 Å². The van der Waals surface area contributed by atoms with E-state index in [9.17, 15) is 14.3 Å². The molecule has 1 N–H and O–H groups in total. The van der Waals surface area contributed by atoms with Gasteiger partial charge in [0, 0.05) is 0 Å². The third-order valence-electron chi connectivity index (χ3n) is 4.37. The van der Waals surface area contributed by atoms with E-state index in [0.29, 0.717) is 6.42 Å². The van der Waals surface area contributed by atoms with Crippen LogP contribution in [0.2, 0.25) is 0 Å². The molecular weight excluding hydrogens is 295 g/mol. The number of unbranched alkanes of at least 4 members (excludes halogenated alkanes) is 12. The van der Waals surface area contributed by atoms with Crippen LogP contribution in [0.5, 0.6) is 0 Å². The predicted molar refractivity (Wildman–Crippen MR) is 93.2 cm³/mol. The number of alkyl halides is 1. The number of methoxy groups -OCH3 is 1. The summed E-state index contributed by atoms with van der Waals surface area (Å²) >= 11 is 0. The molecule has 0 unspecified atom stereocenters. The Kier molecular flexibility index (Phi) is 15.8. The van der Waals surface area contributed by atoms with Crippen molar-refractivity contribution in [2.45, 2.75) is 109 Å². The highest BCUT2D eigenvalue weighted by molar-refractivity contribution is 5.75. The fraction of sp³-hybridized carbons (Fsp3) is 0.947. The minimum Gasteiger partial charge on any atom is -0.467 e. The topological polar surface area (TPSA) is 46.5 Å². The highest BCUT2D eigenvalue weighted by Crippen LogP contribution is 2.15. The first kappa shape index (κ1) is 22.4. The maximum Gasteiger partial charge on any atom is 0.343 e. The molecule has 0 aliphatic carbocycles. The number of hydrogen-bond acceptors (Lipinski definition) is 3. The molecule has 0 aromatic rings. The van der Waals surface area contributed by atoms with Crippen LogP contribution in [-0.4, -0.2) is 30.5 Å². The number of carbonyl (C=O) groups excluding carboxylic acids is 1. The van der Waals surface area contributed by atoms with E-state index in [0.717, 1.165) is 26.4 Å². The number of rotatable bonds is 16. The lowest BCUT2D eigenvalue weighted by Crippen LogP contribution is -2.30. The number of ether oxygens (including phenoxy) is 1. The van der Waals surface area contributed by atoms with Crippen LogP contribution in [0.3, 0.4) is 0 Å². The summed E-state index contributed by atoms with van der Waals surface area (Å²) in [5.74, 6) is -0.979. The zero-order chi connectivity index (χ0) is 17.3. The van der Waals surface area contributed by atoms with Gasteiger partial charge in [-0.15, -0.1) is 0 Å². The average molecular weight is 333 g/mol. The summed E-state index contributed by atoms with van der Waals surface area (Å²) in [5.41, 5.74) is 0. The van der Waals surface area contributed by atoms with Crippen LogP contribution in [0, 0.1) is 0 Å². The minimum absolute atomic E-state index is 0.327. The Morgan fingerprint density at radius 2 is 1.26 bits per heavy atom. The van der Waals surface area contributed by atoms with E-state index in [2.05, 4.69) is 11.7 Å². The van der Waals surface area contributed by atoms with E-state index in [1.54, 1.807) is 0 Å². The molecule has 0 aromatic carbocycles. The molecular formula is C19H37FO3. The van der Waals surface area contributed by atoms with Gasteiger partial charge in [-0.2, -0.15) is 0 Å². The normalized spacial score (nSPS) is 13.7. The van der Waals surface area contributed by atoms with Crippen LogP contribution >= 0.6 is 0 Å². The van der Waals surface area contributed by atoms with Crippen molar-refractivity contribution in [1.82, 2.24) is 0 Å². The Hall–Kier alpha value is -0.640. The van der Waals surface area contributed by atoms with Crippen molar-refractivity contribution in [3.63, 3.8) is 0 Å². The summed E-state index contributed by atoms with van der Waals surface area (Å²) in [7, 11) is 1.13. The van der Waals surface area contributed by atoms with E-state index in [1.807, 2.05) is 0 Å². The summed E-state index contributed by atoms with van der Waals surface area (Å²) in [5, 5.41) is 9.52. The first-order chi connectivity index (χ1) is 11.1. The van der Waals surface area contributed by atoms with Crippen LogP contribution in [0.15, 0.2) is 0 Å². The fourth-order valence-corrected chi connectivity index (χ4v) is 2.79. The molecule has 138 valence electrons. The quantitative estimate of drug-likeness (QED) is 0.306. The zero-order valence-corrected chi connectivity index (χ0v) is 15.2. The van der Waals surface area contributed by atoms with Gasteiger partial charge < -0.3 is 9.84 Å². The molecule has 0 saturated carbocycles. The molecule has 23 heavy (non-hydrogen) atoms. The molecule has 0 spiro atoms. The summed E-state index contributed by atoms with van der Waals surface area (Å²) in [6.45, 7) is 2.25. The van der Waals surface area contributed by atoms with Crippen molar-refractivity contribution in [3.05, 3.63) is 0 Å². The molecule has 2 atom stereocenters. The maximum absolute atomic E-state index is 13.3. The monoisotopic (exact) mass is 332 g/mol. The summed E-state index contributed by atoms with van der Waals surface area (Å²) < 4.78 is 17.6. The number of esters is 1. The number of halogens is 1. The highest BCUT2D eigenvalue weighted by atomic mass is 19.1. The zero-order valence-electron chi connectivity index (χ0n) is 15.2. The second-order valence-corrected chi connectivity index (χ2v) is 6.52. The highest BCUT2D eigenvalue weighted by Gasteiger charge is 2.26. The molecule has 0 radical (unpaired) electrons. The van der Waals surface area contributed by atoms with Gasteiger partial charge in [-0.05, 0) is 6.42 Å². The van der Waals surface area contributed by atoms with Gasteiger partial charge in [0.2, 0.25) is 6.17 Å². The molecule has 0 rings (SSSR count). The molecule has 3 nitrogen and oxygen atoms in total. The van der Waals surface area contributed by atoms with Crippen molar-refractivity contribution in [1.29, 1.82) is 0 Å². The van der Waals surface area contributed by atoms with Gasteiger partial charge >= 0.3 is 5.97 Å². The Labute approximate surface area is 142 Å². The number of hydrogen-bond donors (Lipinski definition) is 1. The molecule has 0 amide bonds. The molecule has 0 aliphatic rings. The maximum atomic E-state index is 13.3. The predicted octanol–water partition coefficient (Wildman–Crippen LogP) is 5.34. The van der Waals surface area contributed by atoms with Crippen molar-refractivity contribution in [2.75, 3.05) is 7.11 Å². The lowest BCUT2D eigenvalue weighted by Gasteiger charge is -2.13. The van der Waals surface area contributed by atoms with E-state index in [4.69, 9.17) is 0 Å². The molecule has 0 fully saturated rings. The lowest BCUT2D eigenvalue weighted by molar-refractivity contribution is -0.151. The SMILES string of the molecule is CCCCCCCCCCCCCCC[C@H](O)[C@@H](F)C(=O)OC. The third kappa shape index (κ3) is 13.5. The fourth-order valence-electron chi connectivity index (χ4n) is 2.79. The second kappa shape index (κ2) is 16.2.